The van der Waals surface area contributed by atoms with E-state index in [0.717, 1.165) is 11.4 Å². The van der Waals surface area contributed by atoms with Crippen LogP contribution in [-0.2, 0) is 18.2 Å². The minimum Gasteiger partial charge on any atom is -0.373 e. The summed E-state index contributed by atoms with van der Waals surface area (Å²) >= 11 is 0. The minimum absolute atomic E-state index is 0.205. The highest BCUT2D eigenvalue weighted by Crippen LogP contribution is 2.22. The van der Waals surface area contributed by atoms with Gasteiger partial charge in [-0.1, -0.05) is 0 Å². The summed E-state index contributed by atoms with van der Waals surface area (Å²) in [4.78, 5) is 0. The fourth-order valence-electron chi connectivity index (χ4n) is 1.67. The Morgan fingerprint density at radius 1 is 1.50 bits per heavy atom. The van der Waals surface area contributed by atoms with Crippen LogP contribution >= 0.6 is 0 Å². The molecule has 0 saturated carbocycles. The number of aryl methyl sites for hydroxylation is 2. The minimum atomic E-state index is -4.15. The van der Waals surface area contributed by atoms with Crippen LogP contribution in [0.1, 0.15) is 11.4 Å². The summed E-state index contributed by atoms with van der Waals surface area (Å²) in [6, 6.07) is 1.34. The fourth-order valence-corrected chi connectivity index (χ4v) is 1.67. The Morgan fingerprint density at radius 3 is 2.60 bits per heavy atom. The van der Waals surface area contributed by atoms with E-state index in [0.29, 0.717) is 6.42 Å². The van der Waals surface area contributed by atoms with Crippen LogP contribution in [0.15, 0.2) is 6.07 Å². The molecule has 0 bridgehead atoms. The lowest BCUT2D eigenvalue weighted by Crippen LogP contribution is -2.42. The number of halogens is 4. The summed E-state index contributed by atoms with van der Waals surface area (Å²) in [7, 11) is 1.74. The zero-order valence-electron chi connectivity index (χ0n) is 11.2. The van der Waals surface area contributed by atoms with Crippen molar-refractivity contribution < 1.29 is 22.3 Å². The first-order chi connectivity index (χ1) is 9.26. The summed E-state index contributed by atoms with van der Waals surface area (Å²) in [5, 5.41) is 4.13. The third kappa shape index (κ3) is 4.73. The summed E-state index contributed by atoms with van der Waals surface area (Å²) in [6.45, 7) is 0.268. The van der Waals surface area contributed by atoms with E-state index < -0.39 is 25.0 Å². The molecule has 3 N–H and O–H groups in total. The van der Waals surface area contributed by atoms with Crippen molar-refractivity contribution in [2.45, 2.75) is 31.7 Å². The van der Waals surface area contributed by atoms with Gasteiger partial charge in [-0.2, -0.15) is 13.9 Å². The first-order valence-electron chi connectivity index (χ1n) is 5.95. The van der Waals surface area contributed by atoms with Crippen molar-refractivity contribution in [3.05, 3.63) is 17.5 Å². The van der Waals surface area contributed by atoms with E-state index in [2.05, 4.69) is 15.3 Å². The molecule has 1 atom stereocenters. The lowest BCUT2D eigenvalue weighted by Gasteiger charge is -2.19. The van der Waals surface area contributed by atoms with Crippen LogP contribution in [0.2, 0.25) is 0 Å². The first kappa shape index (κ1) is 16.9. The van der Waals surface area contributed by atoms with Crippen LogP contribution in [0.25, 0.3) is 0 Å². The Hall–Kier alpha value is -1.19. The lowest BCUT2D eigenvalue weighted by molar-refractivity contribution is -0.167. The van der Waals surface area contributed by atoms with Crippen molar-refractivity contribution in [2.24, 2.45) is 12.9 Å². The molecule has 5 nitrogen and oxygen atoms in total. The number of nitrogens with zero attached hydrogens (tertiary/aromatic N) is 2. The number of ether oxygens (including phenoxy) is 1. The Bertz CT molecular complexity index is 425. The number of hydrogen-bond acceptors (Lipinski definition) is 4. The van der Waals surface area contributed by atoms with Crippen molar-refractivity contribution >= 4 is 0 Å². The predicted octanol–water partition coefficient (Wildman–Crippen LogP) is 1.02. The predicted molar refractivity (Wildman–Crippen MR) is 64.5 cm³/mol. The van der Waals surface area contributed by atoms with Crippen LogP contribution in [0.4, 0.5) is 17.6 Å². The van der Waals surface area contributed by atoms with Crippen molar-refractivity contribution in [2.75, 3.05) is 13.2 Å². The van der Waals surface area contributed by atoms with E-state index >= 15 is 0 Å². The van der Waals surface area contributed by atoms with E-state index in [1.807, 2.05) is 13.0 Å². The lowest BCUT2D eigenvalue weighted by atomic mass is 10.1. The summed E-state index contributed by atoms with van der Waals surface area (Å²) in [6.07, 6.45) is -3.36. The van der Waals surface area contributed by atoms with Crippen LogP contribution in [0.5, 0.6) is 0 Å². The van der Waals surface area contributed by atoms with Crippen LogP contribution in [0.3, 0.4) is 0 Å². The third-order valence-corrected chi connectivity index (χ3v) is 2.72. The summed E-state index contributed by atoms with van der Waals surface area (Å²) < 4.78 is 55.4. The van der Waals surface area contributed by atoms with Crippen molar-refractivity contribution in [3.8, 4) is 0 Å². The third-order valence-electron chi connectivity index (χ3n) is 2.72. The van der Waals surface area contributed by atoms with Gasteiger partial charge >= 0.3 is 12.3 Å². The van der Waals surface area contributed by atoms with Crippen molar-refractivity contribution in [1.29, 1.82) is 0 Å². The van der Waals surface area contributed by atoms with Gasteiger partial charge in [-0.15, -0.1) is 0 Å². The van der Waals surface area contributed by atoms with Gasteiger partial charge in [0.15, 0.2) is 0 Å². The maximum Gasteiger partial charge on any atom is 0.330 e. The quantitative estimate of drug-likeness (QED) is 0.427. The molecular weight excluding hydrogens is 280 g/mol. The number of hydrogen-bond donors (Lipinski definition) is 2. The Labute approximate surface area is 114 Å². The molecule has 20 heavy (non-hydrogen) atoms. The number of hydrazine groups is 1. The fraction of sp³-hybridized carbons (Fsp3) is 0.727. The van der Waals surface area contributed by atoms with Gasteiger partial charge in [-0.3, -0.25) is 16.0 Å². The van der Waals surface area contributed by atoms with Crippen LogP contribution < -0.4 is 11.3 Å². The van der Waals surface area contributed by atoms with Gasteiger partial charge in [0.05, 0.1) is 12.3 Å². The van der Waals surface area contributed by atoms with Gasteiger partial charge in [0, 0.05) is 25.2 Å². The molecule has 1 unspecified atom stereocenters. The molecule has 116 valence electrons. The van der Waals surface area contributed by atoms with E-state index in [1.165, 1.54) is 0 Å². The number of rotatable bonds is 8. The molecular formula is C11H18F4N4O. The molecule has 0 aromatic carbocycles. The van der Waals surface area contributed by atoms with Crippen molar-refractivity contribution in [3.63, 3.8) is 0 Å². The average molecular weight is 298 g/mol. The highest BCUT2D eigenvalue weighted by atomic mass is 19.3. The molecule has 1 heterocycles. The van der Waals surface area contributed by atoms with Gasteiger partial charge in [-0.25, -0.2) is 8.78 Å². The van der Waals surface area contributed by atoms with Crippen LogP contribution in [-0.4, -0.2) is 41.4 Å². The molecule has 1 aromatic rings. The van der Waals surface area contributed by atoms with Gasteiger partial charge in [0.25, 0.3) is 0 Å². The maximum atomic E-state index is 12.7. The molecule has 1 rings (SSSR count). The highest BCUT2D eigenvalue weighted by Gasteiger charge is 2.41. The Morgan fingerprint density at radius 2 is 2.15 bits per heavy atom. The van der Waals surface area contributed by atoms with Gasteiger partial charge in [-0.05, 0) is 13.0 Å². The van der Waals surface area contributed by atoms with Crippen LogP contribution in [0, 0.1) is 6.92 Å². The molecule has 0 spiro atoms. The van der Waals surface area contributed by atoms with E-state index in [-0.39, 0.29) is 6.61 Å². The molecule has 9 heteroatoms. The monoisotopic (exact) mass is 298 g/mol. The second-order valence-corrected chi connectivity index (χ2v) is 4.55. The maximum absolute atomic E-state index is 12.7. The first-order valence-corrected chi connectivity index (χ1v) is 5.95. The molecule has 0 aliphatic rings. The number of aromatic nitrogens is 2. The largest absolute Gasteiger partial charge is 0.373 e. The van der Waals surface area contributed by atoms with E-state index in [9.17, 15) is 17.6 Å². The van der Waals surface area contributed by atoms with E-state index in [4.69, 9.17) is 5.84 Å². The van der Waals surface area contributed by atoms with Gasteiger partial charge in [0.2, 0.25) is 0 Å². The second-order valence-electron chi connectivity index (χ2n) is 4.55. The normalized spacial score (nSPS) is 14.0. The Balaban J connectivity index is 2.46. The molecule has 0 aliphatic heterocycles. The SMILES string of the molecule is Cc1cc(CC(COCC(F)(F)C(F)F)NN)n(C)n1. The smallest absolute Gasteiger partial charge is 0.330 e. The average Bonchev–Trinajstić information content (AvgIpc) is 2.66. The number of nitrogens with two attached hydrogens (primary N) is 1. The molecule has 1 aromatic heterocycles. The topological polar surface area (TPSA) is 65.1 Å². The molecule has 0 radical (unpaired) electrons. The number of alkyl halides is 4. The number of nitrogens with one attached hydrogen (secondary N) is 1. The molecule has 0 fully saturated rings. The molecule has 0 amide bonds. The van der Waals surface area contributed by atoms with Gasteiger partial charge in [0.1, 0.15) is 6.61 Å². The van der Waals surface area contributed by atoms with Crippen molar-refractivity contribution in [1.82, 2.24) is 15.2 Å². The second kappa shape index (κ2) is 7.00. The molecule has 0 aliphatic carbocycles. The summed E-state index contributed by atoms with van der Waals surface area (Å²) in [5.41, 5.74) is 4.04. The summed E-state index contributed by atoms with van der Waals surface area (Å²) in [5.74, 6) is 1.14. The standard InChI is InChI=1S/C11H18F4N4O/c1-7-3-9(19(2)18-7)4-8(17-16)5-20-6-11(14,15)10(12)13/h3,8,10,17H,4-6,16H2,1-2H3. The molecule has 0 saturated heterocycles. The highest BCUT2D eigenvalue weighted by molar-refractivity contribution is 5.10. The van der Waals surface area contributed by atoms with E-state index in [1.54, 1.807) is 11.7 Å². The van der Waals surface area contributed by atoms with Gasteiger partial charge < -0.3 is 4.74 Å². The Kier molecular flexibility index (Phi) is 5.90. The zero-order chi connectivity index (χ0) is 15.3. The zero-order valence-corrected chi connectivity index (χ0v) is 11.2.